The van der Waals surface area contributed by atoms with Crippen molar-refractivity contribution in [1.82, 2.24) is 15.0 Å². The smallest absolute Gasteiger partial charge is 0.161 e. The molecule has 0 saturated carbocycles. The van der Waals surface area contributed by atoms with E-state index in [2.05, 4.69) is 22.9 Å². The first-order valence-electron chi connectivity index (χ1n) is 9.03. The van der Waals surface area contributed by atoms with Gasteiger partial charge in [-0.25, -0.2) is 9.97 Å². The molecule has 0 bridgehead atoms. The molecule has 2 saturated heterocycles. The summed E-state index contributed by atoms with van der Waals surface area (Å²) in [4.78, 5) is 16.0. The quantitative estimate of drug-likeness (QED) is 0.855. The predicted molar refractivity (Wildman–Crippen MR) is 95.6 cm³/mol. The minimum absolute atomic E-state index is 0.0926. The molecule has 2 aromatic heterocycles. The summed E-state index contributed by atoms with van der Waals surface area (Å²) in [7, 11) is 0. The van der Waals surface area contributed by atoms with E-state index < -0.39 is 0 Å². The molecule has 0 atom stereocenters. The summed E-state index contributed by atoms with van der Waals surface area (Å²) in [6.45, 7) is 6.14. The van der Waals surface area contributed by atoms with Crippen LogP contribution in [-0.2, 0) is 15.9 Å². The molecule has 2 aliphatic heterocycles. The lowest BCUT2D eigenvalue weighted by Gasteiger charge is -2.45. The number of aryl methyl sites for hydroxylation is 1. The Morgan fingerprint density at radius 2 is 1.92 bits per heavy atom. The molecule has 6 nitrogen and oxygen atoms in total. The summed E-state index contributed by atoms with van der Waals surface area (Å²) in [5.74, 6) is 1.76. The van der Waals surface area contributed by atoms with Crippen molar-refractivity contribution in [1.29, 1.82) is 0 Å². The maximum atomic E-state index is 6.16. The summed E-state index contributed by atoms with van der Waals surface area (Å²) in [5, 5.41) is 0. The van der Waals surface area contributed by atoms with Crippen molar-refractivity contribution >= 4 is 5.82 Å². The van der Waals surface area contributed by atoms with Crippen molar-refractivity contribution in [3.8, 4) is 11.4 Å². The first kappa shape index (κ1) is 16.4. The third-order valence-corrected chi connectivity index (χ3v) is 5.04. The highest BCUT2D eigenvalue weighted by molar-refractivity contribution is 5.57. The molecule has 0 unspecified atom stereocenters. The van der Waals surface area contributed by atoms with Gasteiger partial charge < -0.3 is 14.4 Å². The highest BCUT2D eigenvalue weighted by Crippen LogP contribution is 2.31. The van der Waals surface area contributed by atoms with Crippen molar-refractivity contribution in [2.24, 2.45) is 0 Å². The molecule has 2 aliphatic rings. The van der Waals surface area contributed by atoms with Gasteiger partial charge in [0.15, 0.2) is 5.82 Å². The number of ether oxygens (including phenoxy) is 2. The number of nitrogens with zero attached hydrogens (tertiary/aromatic N) is 4. The zero-order chi connectivity index (χ0) is 17.1. The highest BCUT2D eigenvalue weighted by atomic mass is 16.5. The van der Waals surface area contributed by atoms with Crippen LogP contribution in [0.5, 0.6) is 0 Å². The number of anilines is 1. The second kappa shape index (κ2) is 7.06. The van der Waals surface area contributed by atoms with Crippen LogP contribution in [0.2, 0.25) is 0 Å². The first-order valence-corrected chi connectivity index (χ1v) is 9.03. The molecule has 1 spiro atoms. The van der Waals surface area contributed by atoms with Gasteiger partial charge in [0.2, 0.25) is 0 Å². The van der Waals surface area contributed by atoms with Crippen molar-refractivity contribution in [2.75, 3.05) is 37.8 Å². The Morgan fingerprint density at radius 1 is 1.12 bits per heavy atom. The molecular weight excluding hydrogens is 316 g/mol. The molecule has 6 heteroatoms. The summed E-state index contributed by atoms with van der Waals surface area (Å²) in [6.07, 6.45) is 6.35. The molecule has 4 heterocycles. The van der Waals surface area contributed by atoms with Crippen LogP contribution in [0, 0.1) is 0 Å². The van der Waals surface area contributed by atoms with Gasteiger partial charge in [0, 0.05) is 68.9 Å². The molecule has 25 heavy (non-hydrogen) atoms. The normalized spacial score (nSPS) is 20.0. The summed E-state index contributed by atoms with van der Waals surface area (Å²) in [5.41, 5.74) is 1.97. The lowest BCUT2D eigenvalue weighted by atomic mass is 9.92. The fourth-order valence-corrected chi connectivity index (χ4v) is 3.54. The molecule has 132 valence electrons. The fourth-order valence-electron chi connectivity index (χ4n) is 3.54. The number of rotatable bonds is 3. The Hall–Kier alpha value is -2.05. The Bertz CT molecular complexity index is 711. The number of morpholine rings is 1. The first-order chi connectivity index (χ1) is 12.3. The van der Waals surface area contributed by atoms with E-state index in [4.69, 9.17) is 19.4 Å². The van der Waals surface area contributed by atoms with E-state index in [0.29, 0.717) is 0 Å². The number of hydrogen-bond donors (Lipinski definition) is 0. The van der Waals surface area contributed by atoms with Gasteiger partial charge in [-0.3, -0.25) is 4.98 Å². The van der Waals surface area contributed by atoms with Crippen LogP contribution in [-0.4, -0.2) is 53.5 Å². The molecule has 0 amide bonds. The van der Waals surface area contributed by atoms with E-state index in [9.17, 15) is 0 Å². The number of hydrogen-bond acceptors (Lipinski definition) is 6. The zero-order valence-electron chi connectivity index (χ0n) is 14.6. The second-order valence-electron chi connectivity index (χ2n) is 6.70. The summed E-state index contributed by atoms with van der Waals surface area (Å²) < 4.78 is 11.7. The van der Waals surface area contributed by atoms with Crippen LogP contribution >= 0.6 is 0 Å². The van der Waals surface area contributed by atoms with Crippen LogP contribution in [0.3, 0.4) is 0 Å². The minimum Gasteiger partial charge on any atom is -0.381 e. The molecular formula is C19H24N4O2. The van der Waals surface area contributed by atoms with E-state index >= 15 is 0 Å². The number of aromatic nitrogens is 3. The third-order valence-electron chi connectivity index (χ3n) is 5.04. The van der Waals surface area contributed by atoms with Crippen LogP contribution in [0.25, 0.3) is 11.4 Å². The number of pyridine rings is 1. The second-order valence-corrected chi connectivity index (χ2v) is 6.70. The Morgan fingerprint density at radius 3 is 2.68 bits per heavy atom. The van der Waals surface area contributed by atoms with Crippen LogP contribution in [0.1, 0.15) is 25.5 Å². The predicted octanol–water partition coefficient (Wildman–Crippen LogP) is 2.49. The zero-order valence-corrected chi connectivity index (χ0v) is 14.6. The molecule has 2 fully saturated rings. The van der Waals surface area contributed by atoms with Gasteiger partial charge >= 0.3 is 0 Å². The topological polar surface area (TPSA) is 60.4 Å². The lowest BCUT2D eigenvalue weighted by Crippen LogP contribution is -2.54. The lowest BCUT2D eigenvalue weighted by molar-refractivity contribution is -0.116. The van der Waals surface area contributed by atoms with Crippen molar-refractivity contribution in [3.05, 3.63) is 36.3 Å². The third kappa shape index (κ3) is 3.50. The van der Waals surface area contributed by atoms with Gasteiger partial charge in [-0.05, 0) is 18.6 Å². The highest BCUT2D eigenvalue weighted by Gasteiger charge is 2.38. The average Bonchev–Trinajstić information content (AvgIpc) is 2.69. The van der Waals surface area contributed by atoms with E-state index in [-0.39, 0.29) is 5.60 Å². The van der Waals surface area contributed by atoms with Gasteiger partial charge in [-0.15, -0.1) is 0 Å². The molecule has 0 radical (unpaired) electrons. The van der Waals surface area contributed by atoms with E-state index in [1.807, 2.05) is 12.1 Å². The molecule has 4 rings (SSSR count). The Balaban J connectivity index is 1.65. The monoisotopic (exact) mass is 340 g/mol. The van der Waals surface area contributed by atoms with Crippen LogP contribution < -0.4 is 4.90 Å². The standard InChI is InChI=1S/C19H24N4O2/c1-2-16-13-17(22-18(21-16)15-3-7-20-8-4-15)23-9-12-25-19(14-23)5-10-24-11-6-19/h3-4,7-8,13H,2,5-6,9-12,14H2,1H3. The summed E-state index contributed by atoms with van der Waals surface area (Å²) >= 11 is 0. The van der Waals surface area contributed by atoms with Gasteiger partial charge in [0.1, 0.15) is 5.82 Å². The minimum atomic E-state index is -0.0926. The van der Waals surface area contributed by atoms with Gasteiger partial charge in [-0.1, -0.05) is 6.92 Å². The van der Waals surface area contributed by atoms with E-state index in [1.165, 1.54) is 0 Å². The van der Waals surface area contributed by atoms with Gasteiger partial charge in [0.05, 0.1) is 12.2 Å². The van der Waals surface area contributed by atoms with E-state index in [0.717, 1.165) is 75.1 Å². The molecule has 0 N–H and O–H groups in total. The van der Waals surface area contributed by atoms with Crippen LogP contribution in [0.4, 0.5) is 5.82 Å². The summed E-state index contributed by atoms with van der Waals surface area (Å²) in [6, 6.07) is 6.03. The van der Waals surface area contributed by atoms with E-state index in [1.54, 1.807) is 12.4 Å². The SMILES string of the molecule is CCc1cc(N2CCOC3(CCOCC3)C2)nc(-c2ccncc2)n1. The molecule has 0 aliphatic carbocycles. The Kier molecular flexibility index (Phi) is 4.63. The van der Waals surface area contributed by atoms with Crippen LogP contribution in [0.15, 0.2) is 30.6 Å². The van der Waals surface area contributed by atoms with Gasteiger partial charge in [0.25, 0.3) is 0 Å². The maximum absolute atomic E-state index is 6.16. The maximum Gasteiger partial charge on any atom is 0.161 e. The van der Waals surface area contributed by atoms with Crippen molar-refractivity contribution in [3.63, 3.8) is 0 Å². The van der Waals surface area contributed by atoms with Gasteiger partial charge in [-0.2, -0.15) is 0 Å². The molecule has 2 aromatic rings. The largest absolute Gasteiger partial charge is 0.381 e. The average molecular weight is 340 g/mol. The fraction of sp³-hybridized carbons (Fsp3) is 0.526. The van der Waals surface area contributed by atoms with Crippen molar-refractivity contribution < 1.29 is 9.47 Å². The van der Waals surface area contributed by atoms with Crippen molar-refractivity contribution in [2.45, 2.75) is 31.8 Å². The Labute approximate surface area is 148 Å². The molecule has 0 aromatic carbocycles.